The van der Waals surface area contributed by atoms with Crippen molar-refractivity contribution in [3.63, 3.8) is 0 Å². The van der Waals surface area contributed by atoms with Crippen LogP contribution in [-0.2, 0) is 20.8 Å². The highest BCUT2D eigenvalue weighted by Gasteiger charge is 2.31. The molecule has 7 heteroatoms. The van der Waals surface area contributed by atoms with Gasteiger partial charge in [0.1, 0.15) is 12.6 Å². The van der Waals surface area contributed by atoms with Crippen LogP contribution in [0, 0.1) is 0 Å². The Hall–Kier alpha value is -2.41. The Labute approximate surface area is 140 Å². The second kappa shape index (κ2) is 8.44. The largest absolute Gasteiger partial charge is 0.480 e. The van der Waals surface area contributed by atoms with Crippen molar-refractivity contribution in [1.82, 2.24) is 10.2 Å². The minimum Gasteiger partial charge on any atom is -0.480 e. The Morgan fingerprint density at radius 1 is 1.21 bits per heavy atom. The first-order valence-electron chi connectivity index (χ1n) is 8.00. The maximum Gasteiger partial charge on any atom is 0.323 e. The van der Waals surface area contributed by atoms with E-state index >= 15 is 0 Å². The zero-order valence-corrected chi connectivity index (χ0v) is 13.4. The quantitative estimate of drug-likeness (QED) is 0.679. The highest BCUT2D eigenvalue weighted by Crippen LogP contribution is 2.14. The summed E-state index contributed by atoms with van der Waals surface area (Å²) in [6, 6.07) is 7.62. The van der Waals surface area contributed by atoms with Gasteiger partial charge >= 0.3 is 11.9 Å². The molecular weight excluding hydrogens is 312 g/mol. The van der Waals surface area contributed by atoms with Crippen molar-refractivity contribution >= 4 is 17.8 Å². The van der Waals surface area contributed by atoms with Gasteiger partial charge in [0.15, 0.2) is 0 Å². The Balaban J connectivity index is 2.07. The third-order valence-electron chi connectivity index (χ3n) is 4.09. The number of hydrogen-bond acceptors (Lipinski definition) is 4. The van der Waals surface area contributed by atoms with Crippen molar-refractivity contribution in [2.24, 2.45) is 0 Å². The first kappa shape index (κ1) is 17.9. The standard InChI is InChI=1S/C17H22N2O5/c20-15(21)11-19-9-5-4-8-13(16(19)22)18-14(17(23)24)10-12-6-2-1-3-7-12/h1-3,6-7,13-14,18H,4-5,8-11H2,(H,20,21)(H,23,24)/t13-,14?/m0/s1. The van der Waals surface area contributed by atoms with Gasteiger partial charge in [-0.25, -0.2) is 0 Å². The normalized spacial score (nSPS) is 19.6. The molecule has 0 bridgehead atoms. The van der Waals surface area contributed by atoms with Crippen LogP contribution in [0.3, 0.4) is 0 Å². The second-order valence-electron chi connectivity index (χ2n) is 5.95. The van der Waals surface area contributed by atoms with Crippen molar-refractivity contribution in [3.05, 3.63) is 35.9 Å². The number of amides is 1. The molecule has 1 aromatic carbocycles. The van der Waals surface area contributed by atoms with E-state index in [9.17, 15) is 19.5 Å². The van der Waals surface area contributed by atoms with Gasteiger partial charge in [-0.2, -0.15) is 0 Å². The monoisotopic (exact) mass is 334 g/mol. The summed E-state index contributed by atoms with van der Waals surface area (Å²) in [6.07, 6.45) is 2.23. The molecule has 1 aromatic rings. The predicted octanol–water partition coefficient (Wildman–Crippen LogP) is 0.738. The number of carboxylic acid groups (broad SMARTS) is 2. The summed E-state index contributed by atoms with van der Waals surface area (Å²) in [5, 5.41) is 21.3. The van der Waals surface area contributed by atoms with Gasteiger partial charge in [0.05, 0.1) is 6.04 Å². The summed E-state index contributed by atoms with van der Waals surface area (Å²) in [7, 11) is 0. The second-order valence-corrected chi connectivity index (χ2v) is 5.95. The van der Waals surface area contributed by atoms with Crippen LogP contribution >= 0.6 is 0 Å². The van der Waals surface area contributed by atoms with Crippen LogP contribution in [0.25, 0.3) is 0 Å². The van der Waals surface area contributed by atoms with Crippen LogP contribution in [0.1, 0.15) is 24.8 Å². The third-order valence-corrected chi connectivity index (χ3v) is 4.09. The molecule has 0 radical (unpaired) electrons. The molecule has 2 atom stereocenters. The summed E-state index contributed by atoms with van der Waals surface area (Å²) >= 11 is 0. The maximum absolute atomic E-state index is 12.5. The van der Waals surface area contributed by atoms with E-state index in [0.29, 0.717) is 19.4 Å². The number of likely N-dealkylation sites (tertiary alicyclic amines) is 1. The van der Waals surface area contributed by atoms with Crippen LogP contribution in [0.4, 0.5) is 0 Å². The lowest BCUT2D eigenvalue weighted by atomic mass is 10.0. The van der Waals surface area contributed by atoms with Crippen molar-refractivity contribution in [2.75, 3.05) is 13.1 Å². The number of carboxylic acids is 2. The fourth-order valence-electron chi connectivity index (χ4n) is 2.89. The molecule has 3 N–H and O–H groups in total. The lowest BCUT2D eigenvalue weighted by Gasteiger charge is -2.26. The van der Waals surface area contributed by atoms with Crippen molar-refractivity contribution < 1.29 is 24.6 Å². The van der Waals surface area contributed by atoms with Crippen LogP contribution in [0.2, 0.25) is 0 Å². The molecule has 24 heavy (non-hydrogen) atoms. The fourth-order valence-corrected chi connectivity index (χ4v) is 2.89. The summed E-state index contributed by atoms with van der Waals surface area (Å²) < 4.78 is 0. The SMILES string of the molecule is O=C(O)CN1CCCC[C@H](NC(Cc2ccccc2)C(=O)O)C1=O. The van der Waals surface area contributed by atoms with Crippen LogP contribution in [0.5, 0.6) is 0 Å². The first-order valence-corrected chi connectivity index (χ1v) is 8.00. The minimum atomic E-state index is -1.07. The number of nitrogens with one attached hydrogen (secondary N) is 1. The molecule has 1 heterocycles. The lowest BCUT2D eigenvalue weighted by molar-refractivity contribution is -0.146. The summed E-state index contributed by atoms with van der Waals surface area (Å²) in [5.74, 6) is -2.43. The molecule has 1 amide bonds. The van der Waals surface area contributed by atoms with Crippen molar-refractivity contribution in [1.29, 1.82) is 0 Å². The minimum absolute atomic E-state index is 0.263. The molecule has 0 spiro atoms. The van der Waals surface area contributed by atoms with Gasteiger partial charge in [-0.05, 0) is 31.2 Å². The molecule has 1 unspecified atom stereocenters. The smallest absolute Gasteiger partial charge is 0.323 e. The number of nitrogens with zero attached hydrogens (tertiary/aromatic N) is 1. The van der Waals surface area contributed by atoms with E-state index in [4.69, 9.17) is 5.11 Å². The number of benzene rings is 1. The molecule has 7 nitrogen and oxygen atoms in total. The number of carbonyl (C=O) groups is 3. The van der Waals surface area contributed by atoms with Crippen molar-refractivity contribution in [2.45, 2.75) is 37.8 Å². The van der Waals surface area contributed by atoms with Gasteiger partial charge in [0.25, 0.3) is 0 Å². The van der Waals surface area contributed by atoms with Crippen molar-refractivity contribution in [3.8, 4) is 0 Å². The van der Waals surface area contributed by atoms with Gasteiger partial charge < -0.3 is 15.1 Å². The van der Waals surface area contributed by atoms with Gasteiger partial charge in [0.2, 0.25) is 5.91 Å². The Morgan fingerprint density at radius 2 is 1.92 bits per heavy atom. The number of rotatable bonds is 7. The van der Waals surface area contributed by atoms with E-state index in [0.717, 1.165) is 12.0 Å². The summed E-state index contributed by atoms with van der Waals surface area (Å²) in [6.45, 7) is 0.0349. The highest BCUT2D eigenvalue weighted by molar-refractivity contribution is 5.86. The van der Waals surface area contributed by atoms with Crippen LogP contribution in [0.15, 0.2) is 30.3 Å². The predicted molar refractivity (Wildman–Crippen MR) is 86.6 cm³/mol. The van der Waals surface area contributed by atoms with E-state index in [1.54, 1.807) is 0 Å². The average Bonchev–Trinajstić information content (AvgIpc) is 2.70. The Bertz CT molecular complexity index is 590. The zero-order chi connectivity index (χ0) is 17.5. The average molecular weight is 334 g/mol. The third kappa shape index (κ3) is 5.06. The molecule has 1 aliphatic rings. The zero-order valence-electron chi connectivity index (χ0n) is 13.4. The molecule has 1 fully saturated rings. The molecule has 2 rings (SSSR count). The molecule has 0 saturated carbocycles. The van der Waals surface area contributed by atoms with Gasteiger partial charge in [-0.1, -0.05) is 30.3 Å². The molecule has 0 aliphatic carbocycles. The highest BCUT2D eigenvalue weighted by atomic mass is 16.4. The maximum atomic E-state index is 12.5. The van der Waals surface area contributed by atoms with Gasteiger partial charge in [0, 0.05) is 6.54 Å². The van der Waals surface area contributed by atoms with E-state index in [1.807, 2.05) is 30.3 Å². The molecule has 0 aromatic heterocycles. The van der Waals surface area contributed by atoms with Crippen LogP contribution in [-0.4, -0.2) is 58.1 Å². The Kier molecular flexibility index (Phi) is 6.31. The van der Waals surface area contributed by atoms with E-state index < -0.39 is 24.0 Å². The Morgan fingerprint density at radius 3 is 2.54 bits per heavy atom. The van der Waals surface area contributed by atoms with Gasteiger partial charge in [-0.15, -0.1) is 0 Å². The van der Waals surface area contributed by atoms with E-state index in [2.05, 4.69) is 5.32 Å². The molecule has 1 saturated heterocycles. The van der Waals surface area contributed by atoms with E-state index in [-0.39, 0.29) is 18.9 Å². The number of carbonyl (C=O) groups excluding carboxylic acids is 1. The number of aliphatic carboxylic acids is 2. The molecule has 130 valence electrons. The van der Waals surface area contributed by atoms with Crippen LogP contribution < -0.4 is 5.32 Å². The fraction of sp³-hybridized carbons (Fsp3) is 0.471. The molecule has 1 aliphatic heterocycles. The first-order chi connectivity index (χ1) is 11.5. The topological polar surface area (TPSA) is 107 Å². The lowest BCUT2D eigenvalue weighted by Crippen LogP contribution is -2.52. The van der Waals surface area contributed by atoms with Gasteiger partial charge in [-0.3, -0.25) is 19.7 Å². The summed E-state index contributed by atoms with van der Waals surface area (Å²) in [4.78, 5) is 36.2. The number of hydrogen-bond donors (Lipinski definition) is 3. The molecular formula is C17H22N2O5. The summed E-state index contributed by atoms with van der Waals surface area (Å²) in [5.41, 5.74) is 0.862. The van der Waals surface area contributed by atoms with E-state index in [1.165, 1.54) is 4.90 Å².